The van der Waals surface area contributed by atoms with Gasteiger partial charge in [-0.2, -0.15) is 0 Å². The molecule has 1 aliphatic rings. The van der Waals surface area contributed by atoms with Crippen LogP contribution in [0.3, 0.4) is 0 Å². The molecule has 1 saturated heterocycles. The Hall–Kier alpha value is -1.43. The van der Waals surface area contributed by atoms with Gasteiger partial charge < -0.3 is 10.2 Å². The van der Waals surface area contributed by atoms with E-state index in [0.717, 1.165) is 18.0 Å². The molecule has 1 fully saturated rings. The normalized spacial score (nSPS) is 16.6. The van der Waals surface area contributed by atoms with Crippen molar-refractivity contribution in [1.82, 2.24) is 10.3 Å². The number of anilines is 1. The van der Waals surface area contributed by atoms with Crippen molar-refractivity contribution >= 4 is 28.7 Å². The van der Waals surface area contributed by atoms with Gasteiger partial charge in [0.15, 0.2) is 11.4 Å². The highest BCUT2D eigenvalue weighted by molar-refractivity contribution is 7.17. The van der Waals surface area contributed by atoms with Crippen LogP contribution in [-0.2, 0) is 4.79 Å². The summed E-state index contributed by atoms with van der Waals surface area (Å²) in [6, 6.07) is 0. The number of carbonyl (C=O) groups is 2. The minimum absolute atomic E-state index is 0.000830. The van der Waals surface area contributed by atoms with Crippen LogP contribution in [0.15, 0.2) is 6.20 Å². The van der Waals surface area contributed by atoms with Crippen LogP contribution >= 0.6 is 11.3 Å². The summed E-state index contributed by atoms with van der Waals surface area (Å²) in [6.45, 7) is 1.71. The Balaban J connectivity index is 2.13. The Morgan fingerprint density at radius 1 is 1.64 bits per heavy atom. The standard InChI is InChI=1S/C8H9N3O2S/c12-5-6-3-10-8(14-6)11-2-1-9-7(13)4-11/h3,5H,1-2,4H2,(H,9,13). The van der Waals surface area contributed by atoms with E-state index in [1.807, 2.05) is 4.90 Å². The molecule has 0 radical (unpaired) electrons. The number of piperazine rings is 1. The highest BCUT2D eigenvalue weighted by Gasteiger charge is 2.18. The van der Waals surface area contributed by atoms with Crippen LogP contribution < -0.4 is 10.2 Å². The summed E-state index contributed by atoms with van der Waals surface area (Å²) in [7, 11) is 0. The third kappa shape index (κ3) is 1.74. The molecule has 0 aliphatic carbocycles. The maximum atomic E-state index is 11.1. The van der Waals surface area contributed by atoms with Gasteiger partial charge in [0.05, 0.1) is 17.6 Å². The molecule has 0 atom stereocenters. The van der Waals surface area contributed by atoms with Crippen molar-refractivity contribution in [2.24, 2.45) is 0 Å². The van der Waals surface area contributed by atoms with Gasteiger partial charge in [0.25, 0.3) is 0 Å². The predicted molar refractivity (Wildman–Crippen MR) is 52.7 cm³/mol. The predicted octanol–water partition coefficient (Wildman–Crippen LogP) is -0.108. The summed E-state index contributed by atoms with van der Waals surface area (Å²) in [5, 5.41) is 3.47. The second-order valence-corrected chi connectivity index (χ2v) is 3.98. The van der Waals surface area contributed by atoms with Gasteiger partial charge in [-0.1, -0.05) is 11.3 Å². The number of aromatic nitrogens is 1. The lowest BCUT2D eigenvalue weighted by atomic mass is 10.4. The van der Waals surface area contributed by atoms with E-state index in [2.05, 4.69) is 10.3 Å². The molecule has 2 heterocycles. The number of rotatable bonds is 2. The van der Waals surface area contributed by atoms with Gasteiger partial charge in [0.1, 0.15) is 0 Å². The number of amides is 1. The van der Waals surface area contributed by atoms with Crippen molar-refractivity contribution < 1.29 is 9.59 Å². The highest BCUT2D eigenvalue weighted by atomic mass is 32.1. The zero-order valence-electron chi connectivity index (χ0n) is 7.40. The molecule has 0 aromatic carbocycles. The molecule has 0 unspecified atom stereocenters. The first kappa shape index (κ1) is 9.14. The van der Waals surface area contributed by atoms with E-state index >= 15 is 0 Å². The number of aldehydes is 1. The average molecular weight is 211 g/mol. The number of hydrogen-bond donors (Lipinski definition) is 1. The maximum absolute atomic E-state index is 11.1. The van der Waals surface area contributed by atoms with E-state index in [-0.39, 0.29) is 5.91 Å². The van der Waals surface area contributed by atoms with Gasteiger partial charge in [-0.15, -0.1) is 0 Å². The molecule has 1 aromatic rings. The number of thiazole rings is 1. The Bertz CT molecular complexity index is 363. The summed E-state index contributed by atoms with van der Waals surface area (Å²) < 4.78 is 0. The lowest BCUT2D eigenvalue weighted by Crippen LogP contribution is -2.47. The second kappa shape index (κ2) is 3.75. The number of hydrogen-bond acceptors (Lipinski definition) is 5. The van der Waals surface area contributed by atoms with E-state index in [9.17, 15) is 9.59 Å². The quantitative estimate of drug-likeness (QED) is 0.693. The third-order valence-electron chi connectivity index (χ3n) is 1.94. The molecule has 14 heavy (non-hydrogen) atoms. The van der Waals surface area contributed by atoms with Crippen LogP contribution in [0.4, 0.5) is 5.13 Å². The van der Waals surface area contributed by atoms with Crippen LogP contribution in [0.1, 0.15) is 9.67 Å². The van der Waals surface area contributed by atoms with Crippen molar-refractivity contribution in [1.29, 1.82) is 0 Å². The number of nitrogens with zero attached hydrogens (tertiary/aromatic N) is 2. The van der Waals surface area contributed by atoms with E-state index in [0.29, 0.717) is 18.0 Å². The molecule has 6 heteroatoms. The van der Waals surface area contributed by atoms with Gasteiger partial charge in [0.2, 0.25) is 5.91 Å². The first-order valence-electron chi connectivity index (χ1n) is 4.22. The van der Waals surface area contributed by atoms with E-state index in [1.54, 1.807) is 0 Å². The first-order chi connectivity index (χ1) is 6.79. The molecule has 1 amide bonds. The molecule has 1 aliphatic heterocycles. The fourth-order valence-electron chi connectivity index (χ4n) is 1.28. The summed E-state index contributed by atoms with van der Waals surface area (Å²) in [6.07, 6.45) is 2.30. The van der Waals surface area contributed by atoms with Gasteiger partial charge in [-0.05, 0) is 0 Å². The molecule has 5 nitrogen and oxygen atoms in total. The summed E-state index contributed by atoms with van der Waals surface area (Å²) in [4.78, 5) is 28.1. The van der Waals surface area contributed by atoms with E-state index < -0.39 is 0 Å². The largest absolute Gasteiger partial charge is 0.353 e. The molecular formula is C8H9N3O2S. The molecule has 1 N–H and O–H groups in total. The Morgan fingerprint density at radius 3 is 3.14 bits per heavy atom. The van der Waals surface area contributed by atoms with Crippen molar-refractivity contribution in [2.75, 3.05) is 24.5 Å². The van der Waals surface area contributed by atoms with Crippen LogP contribution in [0.5, 0.6) is 0 Å². The van der Waals surface area contributed by atoms with Gasteiger partial charge in [-0.3, -0.25) is 9.59 Å². The lowest BCUT2D eigenvalue weighted by molar-refractivity contribution is -0.120. The molecule has 0 saturated carbocycles. The molecule has 0 bridgehead atoms. The molecule has 0 spiro atoms. The highest BCUT2D eigenvalue weighted by Crippen LogP contribution is 2.21. The molecule has 74 valence electrons. The first-order valence-corrected chi connectivity index (χ1v) is 5.04. The number of nitrogens with one attached hydrogen (secondary N) is 1. The van der Waals surface area contributed by atoms with Crippen LogP contribution in [0, 0.1) is 0 Å². The summed E-state index contributed by atoms with van der Waals surface area (Å²) in [5.74, 6) is -0.000830. The molecule has 2 rings (SSSR count). The van der Waals surface area contributed by atoms with Crippen LogP contribution in [0.2, 0.25) is 0 Å². The second-order valence-electron chi connectivity index (χ2n) is 2.93. The van der Waals surface area contributed by atoms with E-state index in [1.165, 1.54) is 17.5 Å². The van der Waals surface area contributed by atoms with Crippen LogP contribution in [0.25, 0.3) is 0 Å². The van der Waals surface area contributed by atoms with Crippen molar-refractivity contribution in [2.45, 2.75) is 0 Å². The topological polar surface area (TPSA) is 62.3 Å². The minimum atomic E-state index is -0.000830. The SMILES string of the molecule is O=Cc1cnc(N2CCNC(=O)C2)s1. The number of carbonyl (C=O) groups excluding carboxylic acids is 2. The maximum Gasteiger partial charge on any atom is 0.239 e. The van der Waals surface area contributed by atoms with Crippen molar-refractivity contribution in [3.05, 3.63) is 11.1 Å². The summed E-state index contributed by atoms with van der Waals surface area (Å²) >= 11 is 1.31. The Kier molecular flexibility index (Phi) is 2.45. The summed E-state index contributed by atoms with van der Waals surface area (Å²) in [5.41, 5.74) is 0. The Morgan fingerprint density at radius 2 is 2.50 bits per heavy atom. The third-order valence-corrected chi connectivity index (χ3v) is 2.92. The van der Waals surface area contributed by atoms with Gasteiger partial charge in [-0.25, -0.2) is 4.98 Å². The fraction of sp³-hybridized carbons (Fsp3) is 0.375. The Labute approximate surface area is 84.7 Å². The molecule has 1 aromatic heterocycles. The minimum Gasteiger partial charge on any atom is -0.353 e. The average Bonchev–Trinajstić information content (AvgIpc) is 2.66. The van der Waals surface area contributed by atoms with Gasteiger partial charge >= 0.3 is 0 Å². The van der Waals surface area contributed by atoms with Crippen molar-refractivity contribution in [3.63, 3.8) is 0 Å². The smallest absolute Gasteiger partial charge is 0.239 e. The van der Waals surface area contributed by atoms with Crippen molar-refractivity contribution in [3.8, 4) is 0 Å². The monoisotopic (exact) mass is 211 g/mol. The fourth-order valence-corrected chi connectivity index (χ4v) is 2.03. The molecular weight excluding hydrogens is 202 g/mol. The van der Waals surface area contributed by atoms with Crippen LogP contribution in [-0.4, -0.2) is 36.8 Å². The zero-order chi connectivity index (χ0) is 9.97. The van der Waals surface area contributed by atoms with E-state index in [4.69, 9.17) is 0 Å². The lowest BCUT2D eigenvalue weighted by Gasteiger charge is -2.25. The zero-order valence-corrected chi connectivity index (χ0v) is 8.21. The van der Waals surface area contributed by atoms with Gasteiger partial charge in [0, 0.05) is 13.1 Å².